The molecule has 0 amide bonds. The Labute approximate surface area is 109 Å². The number of aromatic hydroxyl groups is 1. The number of para-hydroxylation sites is 1. The highest BCUT2D eigenvalue weighted by Crippen LogP contribution is 2.20. The molecular weight excluding hydrogens is 243 g/mol. The molecule has 3 rings (SSSR count). The van der Waals surface area contributed by atoms with Gasteiger partial charge in [-0.2, -0.15) is 0 Å². The number of nitrogens with zero attached hydrogens (tertiary/aromatic N) is 2. The van der Waals surface area contributed by atoms with Crippen molar-refractivity contribution in [1.29, 1.82) is 0 Å². The quantitative estimate of drug-likeness (QED) is 0.765. The van der Waals surface area contributed by atoms with Gasteiger partial charge >= 0.3 is 0 Å². The summed E-state index contributed by atoms with van der Waals surface area (Å²) in [5.74, 6) is 0.732. The largest absolute Gasteiger partial charge is 0.508 e. The first-order chi connectivity index (χ1) is 9.15. The van der Waals surface area contributed by atoms with Crippen LogP contribution in [0.5, 0.6) is 5.75 Å². The zero-order valence-electron chi connectivity index (χ0n) is 10.5. The van der Waals surface area contributed by atoms with Gasteiger partial charge in [-0.15, -0.1) is 0 Å². The Morgan fingerprint density at radius 1 is 1.16 bits per heavy atom. The molecule has 19 heavy (non-hydrogen) atoms. The third-order valence-corrected chi connectivity index (χ3v) is 3.25. The number of phenols is 1. The Balaban J connectivity index is 2.03. The molecule has 1 aromatic heterocycles. The maximum atomic E-state index is 13.7. The van der Waals surface area contributed by atoms with Crippen molar-refractivity contribution < 1.29 is 9.50 Å². The lowest BCUT2D eigenvalue weighted by molar-refractivity contribution is 0.475. The van der Waals surface area contributed by atoms with Gasteiger partial charge in [-0.3, -0.25) is 0 Å². The molecule has 0 saturated carbocycles. The van der Waals surface area contributed by atoms with Crippen LogP contribution in [0.1, 0.15) is 11.4 Å². The number of hydrogen-bond acceptors (Lipinski definition) is 2. The minimum Gasteiger partial charge on any atom is -0.508 e. The summed E-state index contributed by atoms with van der Waals surface area (Å²) < 4.78 is 15.6. The smallest absolute Gasteiger partial charge is 0.151 e. The first-order valence-corrected chi connectivity index (χ1v) is 6.03. The lowest BCUT2D eigenvalue weighted by Gasteiger charge is -2.03. The molecule has 96 valence electrons. The van der Waals surface area contributed by atoms with Gasteiger partial charge in [0.25, 0.3) is 0 Å². The highest BCUT2D eigenvalue weighted by Gasteiger charge is 2.11. The van der Waals surface area contributed by atoms with Gasteiger partial charge in [-0.1, -0.05) is 18.2 Å². The Bertz CT molecular complexity index is 732. The molecule has 0 spiro atoms. The molecule has 1 N–H and O–H groups in total. The van der Waals surface area contributed by atoms with Gasteiger partial charge in [0.1, 0.15) is 17.1 Å². The number of benzene rings is 2. The second kappa shape index (κ2) is 4.39. The average molecular weight is 256 g/mol. The lowest BCUT2D eigenvalue weighted by atomic mass is 10.1. The fourth-order valence-corrected chi connectivity index (χ4v) is 2.18. The van der Waals surface area contributed by atoms with Crippen LogP contribution in [0.15, 0.2) is 42.5 Å². The number of imidazole rings is 1. The standard InChI is InChI=1S/C15H13FN2O/c1-18-13-4-2-3-12(16)15(13)17-14(18)9-10-5-7-11(19)8-6-10/h2-8,19H,9H2,1H3. The zero-order valence-corrected chi connectivity index (χ0v) is 10.5. The Morgan fingerprint density at radius 3 is 2.58 bits per heavy atom. The van der Waals surface area contributed by atoms with E-state index in [0.29, 0.717) is 11.9 Å². The van der Waals surface area contributed by atoms with Crippen molar-refractivity contribution >= 4 is 11.0 Å². The van der Waals surface area contributed by atoms with Gasteiger partial charge in [0.2, 0.25) is 0 Å². The minimum atomic E-state index is -0.301. The fraction of sp³-hybridized carbons (Fsp3) is 0.133. The van der Waals surface area contributed by atoms with Crippen LogP contribution in [-0.4, -0.2) is 14.7 Å². The van der Waals surface area contributed by atoms with Crippen LogP contribution in [0.4, 0.5) is 4.39 Å². The highest BCUT2D eigenvalue weighted by atomic mass is 19.1. The van der Waals surface area contributed by atoms with Crippen molar-refractivity contribution in [2.75, 3.05) is 0 Å². The number of aryl methyl sites for hydroxylation is 1. The van der Waals surface area contributed by atoms with E-state index in [1.807, 2.05) is 29.8 Å². The number of hydrogen-bond donors (Lipinski definition) is 1. The third-order valence-electron chi connectivity index (χ3n) is 3.25. The summed E-state index contributed by atoms with van der Waals surface area (Å²) in [5.41, 5.74) is 2.21. The van der Waals surface area contributed by atoms with Crippen LogP contribution in [0, 0.1) is 5.82 Å². The van der Waals surface area contributed by atoms with Gasteiger partial charge in [0, 0.05) is 13.5 Å². The molecule has 2 aromatic carbocycles. The predicted octanol–water partition coefficient (Wildman–Crippen LogP) is 3.01. The summed E-state index contributed by atoms with van der Waals surface area (Å²) in [6.45, 7) is 0. The monoisotopic (exact) mass is 256 g/mol. The molecule has 4 heteroatoms. The maximum Gasteiger partial charge on any atom is 0.151 e. The van der Waals surface area contributed by atoms with Gasteiger partial charge in [-0.05, 0) is 29.8 Å². The molecule has 0 radical (unpaired) electrons. The number of phenolic OH excluding ortho intramolecular Hbond substituents is 1. The highest BCUT2D eigenvalue weighted by molar-refractivity contribution is 5.76. The van der Waals surface area contributed by atoms with Crippen LogP contribution >= 0.6 is 0 Å². The summed E-state index contributed by atoms with van der Waals surface area (Å²) in [5, 5.41) is 9.26. The number of halogens is 1. The van der Waals surface area contributed by atoms with E-state index in [4.69, 9.17) is 0 Å². The van der Waals surface area contributed by atoms with E-state index in [9.17, 15) is 9.50 Å². The molecule has 0 aliphatic heterocycles. The Kier molecular flexibility index (Phi) is 2.71. The average Bonchev–Trinajstić information content (AvgIpc) is 2.72. The third kappa shape index (κ3) is 2.05. The number of aromatic nitrogens is 2. The number of rotatable bonds is 2. The Morgan fingerprint density at radius 2 is 1.89 bits per heavy atom. The van der Waals surface area contributed by atoms with E-state index in [2.05, 4.69) is 4.98 Å². The summed E-state index contributed by atoms with van der Waals surface area (Å²) in [4.78, 5) is 4.35. The van der Waals surface area contributed by atoms with Crippen molar-refractivity contribution in [3.05, 3.63) is 59.7 Å². The summed E-state index contributed by atoms with van der Waals surface area (Å²) in [6, 6.07) is 11.9. The van der Waals surface area contributed by atoms with Crippen molar-refractivity contribution in [1.82, 2.24) is 9.55 Å². The predicted molar refractivity (Wildman–Crippen MR) is 71.6 cm³/mol. The van der Waals surface area contributed by atoms with Gasteiger partial charge in [0.15, 0.2) is 5.82 Å². The molecule has 0 aliphatic rings. The van der Waals surface area contributed by atoms with Gasteiger partial charge < -0.3 is 9.67 Å². The summed E-state index contributed by atoms with van der Waals surface area (Å²) in [6.07, 6.45) is 0.602. The molecule has 0 atom stereocenters. The van der Waals surface area contributed by atoms with E-state index in [1.54, 1.807) is 18.2 Å². The molecule has 0 aliphatic carbocycles. The van der Waals surface area contributed by atoms with E-state index < -0.39 is 0 Å². The number of fused-ring (bicyclic) bond motifs is 1. The van der Waals surface area contributed by atoms with Crippen molar-refractivity contribution in [3.8, 4) is 5.75 Å². The van der Waals surface area contributed by atoms with Crippen LogP contribution in [0.25, 0.3) is 11.0 Å². The van der Waals surface area contributed by atoms with Crippen molar-refractivity contribution in [3.63, 3.8) is 0 Å². The molecule has 3 nitrogen and oxygen atoms in total. The molecular formula is C15H13FN2O. The second-order valence-corrected chi connectivity index (χ2v) is 4.54. The van der Waals surface area contributed by atoms with Gasteiger partial charge in [-0.25, -0.2) is 9.37 Å². The fourth-order valence-electron chi connectivity index (χ4n) is 2.18. The van der Waals surface area contributed by atoms with Crippen molar-refractivity contribution in [2.24, 2.45) is 7.05 Å². The van der Waals surface area contributed by atoms with E-state index in [1.165, 1.54) is 6.07 Å². The summed E-state index contributed by atoms with van der Waals surface area (Å²) in [7, 11) is 1.88. The molecule has 1 heterocycles. The van der Waals surface area contributed by atoms with Crippen LogP contribution in [-0.2, 0) is 13.5 Å². The SMILES string of the molecule is Cn1c(Cc2ccc(O)cc2)nc2c(F)cccc21. The second-order valence-electron chi connectivity index (χ2n) is 4.54. The molecule has 3 aromatic rings. The maximum absolute atomic E-state index is 13.7. The first kappa shape index (κ1) is 11.7. The van der Waals surface area contributed by atoms with Crippen LogP contribution < -0.4 is 0 Å². The lowest BCUT2D eigenvalue weighted by Crippen LogP contribution is -1.98. The molecule has 0 unspecified atom stereocenters. The normalized spacial score (nSPS) is 11.1. The van der Waals surface area contributed by atoms with Crippen molar-refractivity contribution in [2.45, 2.75) is 6.42 Å². The summed E-state index contributed by atoms with van der Waals surface area (Å²) >= 11 is 0. The zero-order chi connectivity index (χ0) is 13.4. The van der Waals surface area contributed by atoms with Crippen LogP contribution in [0.3, 0.4) is 0 Å². The molecule has 0 fully saturated rings. The first-order valence-electron chi connectivity index (χ1n) is 6.03. The Hall–Kier alpha value is -2.36. The topological polar surface area (TPSA) is 38.0 Å². The van der Waals surface area contributed by atoms with E-state index in [-0.39, 0.29) is 11.6 Å². The molecule has 0 bridgehead atoms. The molecule has 0 saturated heterocycles. The van der Waals surface area contributed by atoms with E-state index >= 15 is 0 Å². The van der Waals surface area contributed by atoms with E-state index in [0.717, 1.165) is 16.9 Å². The minimum absolute atomic E-state index is 0.236. The van der Waals surface area contributed by atoms with Gasteiger partial charge in [0.05, 0.1) is 5.52 Å². The van der Waals surface area contributed by atoms with Crippen LogP contribution in [0.2, 0.25) is 0 Å².